The summed E-state index contributed by atoms with van der Waals surface area (Å²) in [6.45, 7) is 1.83. The monoisotopic (exact) mass is 193 g/mol. The summed E-state index contributed by atoms with van der Waals surface area (Å²) in [7, 11) is 1.50. The van der Waals surface area contributed by atoms with E-state index in [1.165, 1.54) is 7.11 Å². The van der Waals surface area contributed by atoms with Gasteiger partial charge in [0.15, 0.2) is 0 Å². The van der Waals surface area contributed by atoms with Gasteiger partial charge in [0.2, 0.25) is 0 Å². The fraction of sp³-hybridized carbons (Fsp3) is 0.364. The molecule has 0 fully saturated rings. The standard InChI is InChI=1S/C11H15NO2/c1-9(12-14-2)8-11(13)10-6-4-3-5-7-10/h3-7,11,13H,8H2,1-2H3/b12-9+. The zero-order valence-corrected chi connectivity index (χ0v) is 8.47. The summed E-state index contributed by atoms with van der Waals surface area (Å²) in [5, 5.41) is 13.5. The lowest BCUT2D eigenvalue weighted by Crippen LogP contribution is -2.03. The van der Waals surface area contributed by atoms with Gasteiger partial charge in [-0.2, -0.15) is 0 Å². The maximum Gasteiger partial charge on any atom is 0.106 e. The first kappa shape index (κ1) is 10.7. The quantitative estimate of drug-likeness (QED) is 0.588. The second-order valence-corrected chi connectivity index (χ2v) is 3.14. The van der Waals surface area contributed by atoms with Crippen LogP contribution in [0.3, 0.4) is 0 Å². The van der Waals surface area contributed by atoms with E-state index in [-0.39, 0.29) is 0 Å². The Kier molecular flexibility index (Phi) is 4.13. The first-order chi connectivity index (χ1) is 6.74. The van der Waals surface area contributed by atoms with Crippen LogP contribution in [-0.4, -0.2) is 17.9 Å². The van der Waals surface area contributed by atoms with Gasteiger partial charge in [-0.1, -0.05) is 35.5 Å². The predicted molar refractivity (Wildman–Crippen MR) is 56.1 cm³/mol. The van der Waals surface area contributed by atoms with Crippen molar-refractivity contribution in [2.24, 2.45) is 5.16 Å². The minimum absolute atomic E-state index is 0.498. The highest BCUT2D eigenvalue weighted by Crippen LogP contribution is 2.16. The topological polar surface area (TPSA) is 41.8 Å². The largest absolute Gasteiger partial charge is 0.399 e. The fourth-order valence-corrected chi connectivity index (χ4v) is 1.27. The predicted octanol–water partition coefficient (Wildman–Crippen LogP) is 2.13. The summed E-state index contributed by atoms with van der Waals surface area (Å²) in [6, 6.07) is 9.52. The second-order valence-electron chi connectivity index (χ2n) is 3.14. The van der Waals surface area contributed by atoms with Crippen molar-refractivity contribution in [2.45, 2.75) is 19.4 Å². The van der Waals surface area contributed by atoms with E-state index in [1.807, 2.05) is 37.3 Å². The molecule has 0 aliphatic carbocycles. The van der Waals surface area contributed by atoms with E-state index >= 15 is 0 Å². The molecule has 1 N–H and O–H groups in total. The average Bonchev–Trinajstić information content (AvgIpc) is 2.19. The number of aliphatic hydroxyl groups excluding tert-OH is 1. The molecule has 0 saturated heterocycles. The van der Waals surface area contributed by atoms with Crippen LogP contribution in [-0.2, 0) is 4.84 Å². The number of aliphatic hydroxyl groups is 1. The van der Waals surface area contributed by atoms with Crippen molar-refractivity contribution in [2.75, 3.05) is 7.11 Å². The molecule has 76 valence electrons. The number of benzene rings is 1. The Bertz CT molecular complexity index is 295. The maximum atomic E-state index is 9.78. The number of nitrogens with zero attached hydrogens (tertiary/aromatic N) is 1. The summed E-state index contributed by atoms with van der Waals surface area (Å²) in [5.41, 5.74) is 1.68. The summed E-state index contributed by atoms with van der Waals surface area (Å²) < 4.78 is 0. The minimum atomic E-state index is -0.505. The normalized spacial score (nSPS) is 13.8. The highest BCUT2D eigenvalue weighted by molar-refractivity contribution is 5.81. The average molecular weight is 193 g/mol. The number of rotatable bonds is 4. The lowest BCUT2D eigenvalue weighted by Gasteiger charge is -2.09. The molecule has 1 atom stereocenters. The van der Waals surface area contributed by atoms with Crippen LogP contribution in [0, 0.1) is 0 Å². The Morgan fingerprint density at radius 3 is 2.64 bits per heavy atom. The van der Waals surface area contributed by atoms with Crippen LogP contribution in [0.15, 0.2) is 35.5 Å². The molecule has 0 bridgehead atoms. The Hall–Kier alpha value is -1.35. The van der Waals surface area contributed by atoms with Crippen molar-refractivity contribution >= 4 is 5.71 Å². The second kappa shape index (κ2) is 5.40. The van der Waals surface area contributed by atoms with E-state index < -0.39 is 6.10 Å². The molecule has 0 radical (unpaired) electrons. The van der Waals surface area contributed by atoms with Gasteiger partial charge in [-0.05, 0) is 12.5 Å². The molecule has 1 unspecified atom stereocenters. The van der Waals surface area contributed by atoms with Gasteiger partial charge >= 0.3 is 0 Å². The van der Waals surface area contributed by atoms with Gasteiger partial charge in [0.1, 0.15) is 7.11 Å². The summed E-state index contributed by atoms with van der Waals surface area (Å²) in [4.78, 5) is 4.62. The lowest BCUT2D eigenvalue weighted by atomic mass is 10.1. The molecular formula is C11H15NO2. The van der Waals surface area contributed by atoms with Crippen molar-refractivity contribution in [3.63, 3.8) is 0 Å². The Morgan fingerprint density at radius 1 is 1.43 bits per heavy atom. The van der Waals surface area contributed by atoms with Crippen molar-refractivity contribution in [3.8, 4) is 0 Å². The smallest absolute Gasteiger partial charge is 0.106 e. The SMILES string of the molecule is CO/N=C(\C)CC(O)c1ccccc1. The molecule has 1 aromatic rings. The van der Waals surface area contributed by atoms with E-state index in [4.69, 9.17) is 0 Å². The maximum absolute atomic E-state index is 9.78. The molecule has 0 aliphatic heterocycles. The van der Waals surface area contributed by atoms with E-state index in [1.54, 1.807) is 0 Å². The van der Waals surface area contributed by atoms with Crippen LogP contribution >= 0.6 is 0 Å². The summed E-state index contributed by atoms with van der Waals surface area (Å²) >= 11 is 0. The summed E-state index contributed by atoms with van der Waals surface area (Å²) in [5.74, 6) is 0. The molecule has 0 heterocycles. The zero-order chi connectivity index (χ0) is 10.4. The molecular weight excluding hydrogens is 178 g/mol. The van der Waals surface area contributed by atoms with Gasteiger partial charge in [-0.25, -0.2) is 0 Å². The van der Waals surface area contributed by atoms with Gasteiger partial charge in [0, 0.05) is 6.42 Å². The van der Waals surface area contributed by atoms with Gasteiger partial charge < -0.3 is 9.94 Å². The first-order valence-electron chi connectivity index (χ1n) is 4.53. The number of hydrogen-bond acceptors (Lipinski definition) is 3. The van der Waals surface area contributed by atoms with Crippen LogP contribution in [0.2, 0.25) is 0 Å². The molecule has 0 spiro atoms. The fourth-order valence-electron chi connectivity index (χ4n) is 1.27. The molecule has 0 aliphatic rings. The Labute approximate surface area is 84.0 Å². The zero-order valence-electron chi connectivity index (χ0n) is 8.47. The van der Waals surface area contributed by atoms with E-state index in [0.717, 1.165) is 11.3 Å². The van der Waals surface area contributed by atoms with Crippen LogP contribution in [0.25, 0.3) is 0 Å². The van der Waals surface area contributed by atoms with E-state index in [0.29, 0.717) is 6.42 Å². The van der Waals surface area contributed by atoms with Crippen molar-refractivity contribution in [1.29, 1.82) is 0 Å². The molecule has 3 nitrogen and oxygen atoms in total. The number of hydrogen-bond donors (Lipinski definition) is 1. The third-order valence-corrected chi connectivity index (χ3v) is 1.92. The van der Waals surface area contributed by atoms with Gasteiger partial charge in [-0.3, -0.25) is 0 Å². The molecule has 14 heavy (non-hydrogen) atoms. The van der Waals surface area contributed by atoms with Crippen molar-refractivity contribution in [3.05, 3.63) is 35.9 Å². The van der Waals surface area contributed by atoms with Gasteiger partial charge in [-0.15, -0.1) is 0 Å². The molecule has 0 saturated carbocycles. The number of oxime groups is 1. The van der Waals surface area contributed by atoms with Crippen LogP contribution < -0.4 is 0 Å². The van der Waals surface area contributed by atoms with Gasteiger partial charge in [0.25, 0.3) is 0 Å². The summed E-state index contributed by atoms with van der Waals surface area (Å²) in [6.07, 6.45) is -0.00667. The minimum Gasteiger partial charge on any atom is -0.399 e. The van der Waals surface area contributed by atoms with Crippen LogP contribution in [0.1, 0.15) is 25.0 Å². The third kappa shape index (κ3) is 3.18. The van der Waals surface area contributed by atoms with Crippen molar-refractivity contribution < 1.29 is 9.94 Å². The first-order valence-corrected chi connectivity index (χ1v) is 4.53. The van der Waals surface area contributed by atoms with Gasteiger partial charge in [0.05, 0.1) is 11.8 Å². The van der Waals surface area contributed by atoms with Crippen LogP contribution in [0.5, 0.6) is 0 Å². The van der Waals surface area contributed by atoms with Crippen LogP contribution in [0.4, 0.5) is 0 Å². The molecule has 3 heteroatoms. The molecule has 0 amide bonds. The molecule has 1 rings (SSSR count). The Balaban J connectivity index is 2.59. The molecule has 0 aromatic heterocycles. The molecule has 1 aromatic carbocycles. The van der Waals surface area contributed by atoms with Crippen molar-refractivity contribution in [1.82, 2.24) is 0 Å². The highest BCUT2D eigenvalue weighted by atomic mass is 16.6. The van der Waals surface area contributed by atoms with E-state index in [2.05, 4.69) is 9.99 Å². The third-order valence-electron chi connectivity index (χ3n) is 1.92. The Morgan fingerprint density at radius 2 is 2.07 bits per heavy atom. The van der Waals surface area contributed by atoms with E-state index in [9.17, 15) is 5.11 Å². The lowest BCUT2D eigenvalue weighted by molar-refractivity contribution is 0.179. The highest BCUT2D eigenvalue weighted by Gasteiger charge is 2.08.